The van der Waals surface area contributed by atoms with E-state index in [1.165, 1.54) is 25.7 Å². The predicted octanol–water partition coefficient (Wildman–Crippen LogP) is 2.91. The van der Waals surface area contributed by atoms with Gasteiger partial charge in [0.25, 0.3) is 5.91 Å². The maximum absolute atomic E-state index is 12.3. The molecule has 0 radical (unpaired) electrons. The van der Waals surface area contributed by atoms with Crippen LogP contribution >= 0.6 is 0 Å². The molecule has 2 amide bonds. The monoisotopic (exact) mass is 410 g/mol. The van der Waals surface area contributed by atoms with E-state index < -0.39 is 0 Å². The first-order valence-electron chi connectivity index (χ1n) is 10.6. The van der Waals surface area contributed by atoms with E-state index >= 15 is 0 Å². The maximum atomic E-state index is 12.3. The standard InChI is InChI=1S/C23H30N4O3/c1-2-30-20-10-6-5-9-19(20)23(29)26-17-22(28)25-16-18-11-12-21(24-15-18)27-13-7-3-4-8-14-27/h5-6,9-12,15H,2-4,7-8,13-14,16-17H2,1H3,(H,25,28)(H,26,29). The number of amides is 2. The van der Waals surface area contributed by atoms with Crippen LogP contribution in [-0.2, 0) is 11.3 Å². The van der Waals surface area contributed by atoms with Crippen molar-refractivity contribution in [1.82, 2.24) is 15.6 Å². The first kappa shape index (κ1) is 21.6. The van der Waals surface area contributed by atoms with Crippen LogP contribution in [0.15, 0.2) is 42.6 Å². The van der Waals surface area contributed by atoms with E-state index in [4.69, 9.17) is 4.74 Å². The molecule has 0 aliphatic carbocycles. The van der Waals surface area contributed by atoms with Crippen molar-refractivity contribution in [2.45, 2.75) is 39.2 Å². The van der Waals surface area contributed by atoms with Crippen LogP contribution in [-0.4, -0.2) is 43.0 Å². The number of carbonyl (C=O) groups is 2. The molecule has 3 rings (SSSR count). The smallest absolute Gasteiger partial charge is 0.255 e. The summed E-state index contributed by atoms with van der Waals surface area (Å²) in [6, 6.07) is 11.0. The van der Waals surface area contributed by atoms with Gasteiger partial charge in [-0.1, -0.05) is 31.0 Å². The Labute approximate surface area is 177 Å². The van der Waals surface area contributed by atoms with Crippen molar-refractivity contribution >= 4 is 17.6 Å². The molecule has 0 unspecified atom stereocenters. The molecular formula is C23H30N4O3. The van der Waals surface area contributed by atoms with Gasteiger partial charge in [0.15, 0.2) is 0 Å². The van der Waals surface area contributed by atoms with Crippen LogP contribution in [0.4, 0.5) is 5.82 Å². The number of rotatable bonds is 8. The molecule has 160 valence electrons. The largest absolute Gasteiger partial charge is 0.493 e. The summed E-state index contributed by atoms with van der Waals surface area (Å²) in [5.41, 5.74) is 1.34. The average molecular weight is 411 g/mol. The molecule has 0 saturated carbocycles. The molecule has 1 saturated heterocycles. The van der Waals surface area contributed by atoms with Gasteiger partial charge in [-0.3, -0.25) is 9.59 Å². The van der Waals surface area contributed by atoms with Crippen molar-refractivity contribution in [3.63, 3.8) is 0 Å². The molecule has 7 nitrogen and oxygen atoms in total. The highest BCUT2D eigenvalue weighted by molar-refractivity contribution is 5.98. The number of nitrogens with zero attached hydrogens (tertiary/aromatic N) is 2. The SMILES string of the molecule is CCOc1ccccc1C(=O)NCC(=O)NCc1ccc(N2CCCCCC2)nc1. The Kier molecular flexibility index (Phi) is 8.06. The van der Waals surface area contributed by atoms with E-state index in [1.807, 2.05) is 19.1 Å². The Balaban J connectivity index is 1.45. The van der Waals surface area contributed by atoms with Crippen LogP contribution in [0.5, 0.6) is 5.75 Å². The fourth-order valence-corrected chi connectivity index (χ4v) is 3.46. The summed E-state index contributed by atoms with van der Waals surface area (Å²) < 4.78 is 5.46. The molecular weight excluding hydrogens is 380 g/mol. The molecule has 30 heavy (non-hydrogen) atoms. The molecule has 1 aliphatic heterocycles. The summed E-state index contributed by atoms with van der Waals surface area (Å²) in [7, 11) is 0. The van der Waals surface area contributed by atoms with E-state index in [1.54, 1.807) is 30.5 Å². The van der Waals surface area contributed by atoms with Crippen molar-refractivity contribution in [2.75, 3.05) is 31.1 Å². The van der Waals surface area contributed by atoms with Crippen LogP contribution in [0.25, 0.3) is 0 Å². The number of nitrogens with one attached hydrogen (secondary N) is 2. The Hall–Kier alpha value is -3.09. The van der Waals surface area contributed by atoms with E-state index in [0.29, 0.717) is 24.5 Å². The minimum absolute atomic E-state index is 0.0986. The third kappa shape index (κ3) is 6.20. The van der Waals surface area contributed by atoms with Gasteiger partial charge in [-0.2, -0.15) is 0 Å². The van der Waals surface area contributed by atoms with Crippen LogP contribution in [0.3, 0.4) is 0 Å². The number of para-hydroxylation sites is 1. The zero-order valence-electron chi connectivity index (χ0n) is 17.5. The number of benzene rings is 1. The Morgan fingerprint density at radius 1 is 1.03 bits per heavy atom. The highest BCUT2D eigenvalue weighted by Gasteiger charge is 2.13. The zero-order chi connectivity index (χ0) is 21.2. The van der Waals surface area contributed by atoms with Gasteiger partial charge in [-0.05, 0) is 43.5 Å². The predicted molar refractivity (Wildman–Crippen MR) is 117 cm³/mol. The second kappa shape index (κ2) is 11.2. The number of anilines is 1. The van der Waals surface area contributed by atoms with E-state index in [-0.39, 0.29) is 18.4 Å². The lowest BCUT2D eigenvalue weighted by Crippen LogP contribution is -2.36. The normalized spacial score (nSPS) is 14.0. The summed E-state index contributed by atoms with van der Waals surface area (Å²) in [6.45, 7) is 4.70. The number of pyridine rings is 1. The summed E-state index contributed by atoms with van der Waals surface area (Å²) in [4.78, 5) is 31.4. The third-order valence-electron chi connectivity index (χ3n) is 5.07. The lowest BCUT2D eigenvalue weighted by molar-refractivity contribution is -0.120. The lowest BCUT2D eigenvalue weighted by atomic mass is 10.2. The van der Waals surface area contributed by atoms with Crippen LogP contribution in [0.1, 0.15) is 48.5 Å². The van der Waals surface area contributed by atoms with Crippen LogP contribution in [0.2, 0.25) is 0 Å². The molecule has 2 heterocycles. The number of hydrogen-bond donors (Lipinski definition) is 2. The van der Waals surface area contributed by atoms with Gasteiger partial charge in [0.05, 0.1) is 18.7 Å². The molecule has 1 aliphatic rings. The molecule has 1 fully saturated rings. The third-order valence-corrected chi connectivity index (χ3v) is 5.07. The maximum Gasteiger partial charge on any atom is 0.255 e. The first-order valence-corrected chi connectivity index (χ1v) is 10.6. The van der Waals surface area contributed by atoms with Crippen LogP contribution < -0.4 is 20.3 Å². The van der Waals surface area contributed by atoms with Gasteiger partial charge in [-0.25, -0.2) is 4.98 Å². The molecule has 7 heteroatoms. The summed E-state index contributed by atoms with van der Waals surface area (Å²) >= 11 is 0. The number of hydrogen-bond acceptors (Lipinski definition) is 5. The summed E-state index contributed by atoms with van der Waals surface area (Å²) in [6.07, 6.45) is 6.79. The number of aromatic nitrogens is 1. The molecule has 0 atom stereocenters. The van der Waals surface area contributed by atoms with Crippen LogP contribution in [0, 0.1) is 0 Å². The second-order valence-corrected chi connectivity index (χ2v) is 7.31. The molecule has 1 aromatic carbocycles. The molecule has 2 N–H and O–H groups in total. The van der Waals surface area contributed by atoms with Crippen molar-refractivity contribution in [3.05, 3.63) is 53.7 Å². The van der Waals surface area contributed by atoms with Gasteiger partial charge in [0.2, 0.25) is 5.91 Å². The summed E-state index contributed by atoms with van der Waals surface area (Å²) in [5.74, 6) is 0.909. The second-order valence-electron chi connectivity index (χ2n) is 7.31. The highest BCUT2D eigenvalue weighted by atomic mass is 16.5. The van der Waals surface area contributed by atoms with E-state index in [0.717, 1.165) is 24.5 Å². The molecule has 2 aromatic rings. The lowest BCUT2D eigenvalue weighted by Gasteiger charge is -2.21. The van der Waals surface area contributed by atoms with Crippen molar-refractivity contribution in [1.29, 1.82) is 0 Å². The highest BCUT2D eigenvalue weighted by Crippen LogP contribution is 2.18. The van der Waals surface area contributed by atoms with Crippen molar-refractivity contribution in [2.24, 2.45) is 0 Å². The first-order chi connectivity index (χ1) is 14.7. The Bertz CT molecular complexity index is 831. The Morgan fingerprint density at radius 2 is 1.80 bits per heavy atom. The van der Waals surface area contributed by atoms with Gasteiger partial charge < -0.3 is 20.3 Å². The fourth-order valence-electron chi connectivity index (χ4n) is 3.46. The topological polar surface area (TPSA) is 83.6 Å². The number of carbonyl (C=O) groups excluding carboxylic acids is 2. The summed E-state index contributed by atoms with van der Waals surface area (Å²) in [5, 5.41) is 5.45. The molecule has 0 bridgehead atoms. The average Bonchev–Trinajstić information content (AvgIpc) is 3.07. The van der Waals surface area contributed by atoms with Crippen molar-refractivity contribution in [3.8, 4) is 5.75 Å². The minimum Gasteiger partial charge on any atom is -0.493 e. The van der Waals surface area contributed by atoms with Gasteiger partial charge in [0.1, 0.15) is 11.6 Å². The van der Waals surface area contributed by atoms with Gasteiger partial charge >= 0.3 is 0 Å². The van der Waals surface area contributed by atoms with Gasteiger partial charge in [-0.15, -0.1) is 0 Å². The molecule has 0 spiro atoms. The van der Waals surface area contributed by atoms with E-state index in [2.05, 4.69) is 20.5 Å². The van der Waals surface area contributed by atoms with Crippen molar-refractivity contribution < 1.29 is 14.3 Å². The van der Waals surface area contributed by atoms with E-state index in [9.17, 15) is 9.59 Å². The quantitative estimate of drug-likeness (QED) is 0.699. The Morgan fingerprint density at radius 3 is 2.50 bits per heavy atom. The number of ether oxygens (including phenoxy) is 1. The van der Waals surface area contributed by atoms with Gasteiger partial charge in [0, 0.05) is 25.8 Å². The minimum atomic E-state index is -0.335. The molecule has 1 aromatic heterocycles. The zero-order valence-corrected chi connectivity index (χ0v) is 17.5. The fraction of sp³-hybridized carbons (Fsp3) is 0.435.